The van der Waals surface area contributed by atoms with Crippen molar-refractivity contribution in [2.75, 3.05) is 16.0 Å². The van der Waals surface area contributed by atoms with E-state index < -0.39 is 11.8 Å². The molecule has 0 fully saturated rings. The quantitative estimate of drug-likeness (QED) is 0.140. The van der Waals surface area contributed by atoms with Crippen molar-refractivity contribution in [1.29, 1.82) is 0 Å². The van der Waals surface area contributed by atoms with Crippen LogP contribution in [0.3, 0.4) is 0 Å². The van der Waals surface area contributed by atoms with Gasteiger partial charge in [0, 0.05) is 38.3 Å². The van der Waals surface area contributed by atoms with Gasteiger partial charge < -0.3 is 10.6 Å². The van der Waals surface area contributed by atoms with E-state index in [1.54, 1.807) is 77.6 Å². The van der Waals surface area contributed by atoms with Crippen LogP contribution >= 0.6 is 23.5 Å². The van der Waals surface area contributed by atoms with Gasteiger partial charge in [-0.1, -0.05) is 66.4 Å². The number of hydrogen-bond acceptors (Lipinski definition) is 6. The molecule has 0 radical (unpaired) electrons. The first-order valence-electron chi connectivity index (χ1n) is 13.8. The van der Waals surface area contributed by atoms with Gasteiger partial charge in [0.25, 0.3) is 11.8 Å². The highest BCUT2D eigenvalue weighted by atomic mass is 32.2. The van der Waals surface area contributed by atoms with Crippen LogP contribution in [0.1, 0.15) is 15.9 Å². The molecule has 0 bridgehead atoms. The lowest BCUT2D eigenvalue weighted by Crippen LogP contribution is -2.30. The van der Waals surface area contributed by atoms with E-state index in [1.165, 1.54) is 11.8 Å². The summed E-state index contributed by atoms with van der Waals surface area (Å²) in [5.74, 6) is -0.743. The second-order valence-corrected chi connectivity index (χ2v) is 11.8. The third-order valence-electron chi connectivity index (χ3n) is 6.66. The number of fused-ring (bicyclic) bond motifs is 2. The molecule has 6 rings (SSSR count). The number of nitrogens with one attached hydrogen (secondary N) is 2. The Morgan fingerprint density at radius 2 is 1.50 bits per heavy atom. The molecule has 0 saturated heterocycles. The number of carbonyl (C=O) groups is 3. The second kappa shape index (κ2) is 13.5. The number of thioether (sulfide) groups is 1. The summed E-state index contributed by atoms with van der Waals surface area (Å²) >= 11 is 3.05. The Kier molecular flexibility index (Phi) is 8.86. The molecule has 9 heteroatoms. The van der Waals surface area contributed by atoms with E-state index in [1.807, 2.05) is 72.8 Å². The summed E-state index contributed by atoms with van der Waals surface area (Å²) in [4.78, 5) is 48.7. The standard InChI is InChI=1S/C35H26N4O3S2/c40-33(39-29-15-4-6-17-31(29)44-32-18-7-5-16-30(32)39)23-43-27-14-8-13-26(21-27)37-35(42)28(20-24-10-9-19-36-22-24)38-34(41)25-11-2-1-3-12-25/h1-22H,23H2,(H,37,42)(H,38,41)/b28-20-. The fraction of sp³-hybridized carbons (Fsp3) is 0.0286. The normalized spacial score (nSPS) is 12.1. The lowest BCUT2D eigenvalue weighted by atomic mass is 10.2. The van der Waals surface area contributed by atoms with Crippen LogP contribution in [0, 0.1) is 0 Å². The summed E-state index contributed by atoms with van der Waals surface area (Å²) in [6, 6.07) is 35.3. The van der Waals surface area contributed by atoms with Crippen molar-refractivity contribution < 1.29 is 14.4 Å². The van der Waals surface area contributed by atoms with Crippen molar-refractivity contribution in [3.63, 3.8) is 0 Å². The minimum Gasteiger partial charge on any atom is -0.321 e. The van der Waals surface area contributed by atoms with Crippen molar-refractivity contribution in [2.24, 2.45) is 0 Å². The van der Waals surface area contributed by atoms with Gasteiger partial charge in [-0.05, 0) is 72.3 Å². The van der Waals surface area contributed by atoms with Crippen LogP contribution < -0.4 is 15.5 Å². The highest BCUT2D eigenvalue weighted by molar-refractivity contribution is 8.00. The number of pyridine rings is 1. The van der Waals surface area contributed by atoms with E-state index in [0.29, 0.717) is 16.8 Å². The maximum Gasteiger partial charge on any atom is 0.272 e. The number of amides is 3. The van der Waals surface area contributed by atoms with Crippen molar-refractivity contribution in [3.05, 3.63) is 144 Å². The van der Waals surface area contributed by atoms with E-state index in [2.05, 4.69) is 15.6 Å². The molecule has 1 aliphatic rings. The third-order valence-corrected chi connectivity index (χ3v) is 8.77. The number of carbonyl (C=O) groups excluding carboxylic acids is 3. The third kappa shape index (κ3) is 6.75. The molecular formula is C35H26N4O3S2. The monoisotopic (exact) mass is 614 g/mol. The van der Waals surface area contributed by atoms with Crippen LogP contribution in [0.25, 0.3) is 6.08 Å². The highest BCUT2D eigenvalue weighted by Crippen LogP contribution is 2.48. The number of para-hydroxylation sites is 2. The molecule has 0 saturated carbocycles. The van der Waals surface area contributed by atoms with Gasteiger partial charge in [-0.2, -0.15) is 0 Å². The average molecular weight is 615 g/mol. The number of hydrogen-bond donors (Lipinski definition) is 2. The van der Waals surface area contributed by atoms with Crippen molar-refractivity contribution in [2.45, 2.75) is 14.7 Å². The Morgan fingerprint density at radius 1 is 0.795 bits per heavy atom. The number of anilines is 3. The van der Waals surface area contributed by atoms with Gasteiger partial charge in [0.2, 0.25) is 5.91 Å². The molecule has 5 aromatic rings. The minimum atomic E-state index is -0.490. The van der Waals surface area contributed by atoms with E-state index in [9.17, 15) is 14.4 Å². The van der Waals surface area contributed by atoms with Crippen LogP contribution in [0.5, 0.6) is 0 Å². The second-order valence-electron chi connectivity index (χ2n) is 9.70. The van der Waals surface area contributed by atoms with Crippen LogP contribution in [-0.4, -0.2) is 28.5 Å². The molecule has 2 heterocycles. The van der Waals surface area contributed by atoms with E-state index in [4.69, 9.17) is 0 Å². The molecule has 3 amide bonds. The SMILES string of the molecule is O=C(Nc1cccc(SCC(=O)N2c3ccccc3Sc3ccccc32)c1)/C(=C/c1cccnc1)NC(=O)c1ccccc1. The first-order chi connectivity index (χ1) is 21.5. The molecule has 0 spiro atoms. The zero-order chi connectivity index (χ0) is 30.3. The lowest BCUT2D eigenvalue weighted by molar-refractivity contribution is -0.115. The van der Waals surface area contributed by atoms with Gasteiger partial charge in [0.1, 0.15) is 5.70 Å². The van der Waals surface area contributed by atoms with E-state index >= 15 is 0 Å². The highest BCUT2D eigenvalue weighted by Gasteiger charge is 2.27. The van der Waals surface area contributed by atoms with Crippen LogP contribution in [0.2, 0.25) is 0 Å². The zero-order valence-electron chi connectivity index (χ0n) is 23.3. The van der Waals surface area contributed by atoms with Gasteiger partial charge in [0.05, 0.1) is 17.1 Å². The Hall–Kier alpha value is -5.12. The summed E-state index contributed by atoms with van der Waals surface area (Å²) < 4.78 is 0. The fourth-order valence-electron chi connectivity index (χ4n) is 4.62. The van der Waals surface area contributed by atoms with Crippen molar-refractivity contribution >= 4 is 64.4 Å². The largest absolute Gasteiger partial charge is 0.321 e. The molecular weight excluding hydrogens is 589 g/mol. The summed E-state index contributed by atoms with van der Waals surface area (Å²) in [6.45, 7) is 0. The first-order valence-corrected chi connectivity index (χ1v) is 15.6. The first kappa shape index (κ1) is 29.0. The molecule has 0 atom stereocenters. The maximum atomic E-state index is 13.6. The maximum absolute atomic E-state index is 13.6. The summed E-state index contributed by atoms with van der Waals surface area (Å²) in [5.41, 5.74) is 3.43. The van der Waals surface area contributed by atoms with Gasteiger partial charge in [-0.25, -0.2) is 0 Å². The predicted octanol–water partition coefficient (Wildman–Crippen LogP) is 7.41. The van der Waals surface area contributed by atoms with Gasteiger partial charge in [-0.3, -0.25) is 24.3 Å². The van der Waals surface area contributed by atoms with Gasteiger partial charge in [-0.15, -0.1) is 11.8 Å². The van der Waals surface area contributed by atoms with E-state index in [0.717, 1.165) is 26.1 Å². The topological polar surface area (TPSA) is 91.4 Å². The van der Waals surface area contributed by atoms with Crippen LogP contribution in [0.4, 0.5) is 17.1 Å². The lowest BCUT2D eigenvalue weighted by Gasteiger charge is -2.31. The molecule has 2 N–H and O–H groups in total. The number of rotatable bonds is 8. The average Bonchev–Trinajstić information content (AvgIpc) is 3.06. The Balaban J connectivity index is 1.17. The summed E-state index contributed by atoms with van der Waals surface area (Å²) in [7, 11) is 0. The smallest absolute Gasteiger partial charge is 0.272 e. The number of aromatic nitrogens is 1. The Bertz CT molecular complexity index is 1820. The molecule has 1 aromatic heterocycles. The van der Waals surface area contributed by atoms with Crippen LogP contribution in [-0.2, 0) is 9.59 Å². The minimum absolute atomic E-state index is 0.0463. The zero-order valence-corrected chi connectivity index (χ0v) is 25.0. The molecule has 4 aromatic carbocycles. The molecule has 0 unspecified atom stereocenters. The van der Waals surface area contributed by atoms with Crippen LogP contribution in [0.15, 0.2) is 148 Å². The van der Waals surface area contributed by atoms with Gasteiger partial charge >= 0.3 is 0 Å². The number of nitrogens with zero attached hydrogens (tertiary/aromatic N) is 2. The van der Waals surface area contributed by atoms with E-state index in [-0.39, 0.29) is 17.4 Å². The fourth-order valence-corrected chi connectivity index (χ4v) is 6.48. The van der Waals surface area contributed by atoms with Crippen molar-refractivity contribution in [1.82, 2.24) is 10.3 Å². The Labute approximate surface area is 263 Å². The predicted molar refractivity (Wildman–Crippen MR) is 176 cm³/mol. The van der Waals surface area contributed by atoms with Crippen molar-refractivity contribution in [3.8, 4) is 0 Å². The summed E-state index contributed by atoms with van der Waals surface area (Å²) in [5, 5.41) is 5.62. The number of benzene rings is 4. The molecule has 216 valence electrons. The molecule has 1 aliphatic heterocycles. The molecule has 44 heavy (non-hydrogen) atoms. The van der Waals surface area contributed by atoms with Gasteiger partial charge in [0.15, 0.2) is 0 Å². The molecule has 0 aliphatic carbocycles. The Morgan fingerprint density at radius 3 is 2.20 bits per heavy atom. The summed E-state index contributed by atoms with van der Waals surface area (Å²) in [6.07, 6.45) is 4.82. The molecule has 7 nitrogen and oxygen atoms in total.